The molecule has 7 heteroatoms. The largest absolute Gasteiger partial charge is 0.380 e. The molecule has 1 aromatic rings. The van der Waals surface area contributed by atoms with Crippen LogP contribution in [0.25, 0.3) is 0 Å². The summed E-state index contributed by atoms with van der Waals surface area (Å²) in [6.07, 6.45) is 3.32. The molecule has 0 atom stereocenters. The number of carbonyl (C=O) groups excluding carboxylic acids is 2. The second-order valence-electron chi connectivity index (χ2n) is 6.68. The van der Waals surface area contributed by atoms with Crippen LogP contribution in [0.1, 0.15) is 46.2 Å². The van der Waals surface area contributed by atoms with Crippen LogP contribution in [-0.4, -0.2) is 46.4 Å². The summed E-state index contributed by atoms with van der Waals surface area (Å²) in [4.78, 5) is 23.2. The van der Waals surface area contributed by atoms with E-state index in [-0.39, 0.29) is 24.0 Å². The van der Waals surface area contributed by atoms with Crippen LogP contribution in [-0.2, 0) is 27.3 Å². The summed E-state index contributed by atoms with van der Waals surface area (Å²) >= 11 is 0. The van der Waals surface area contributed by atoms with Crippen LogP contribution in [0.2, 0.25) is 0 Å². The number of nitrogens with zero attached hydrogens (tertiary/aromatic N) is 3. The van der Waals surface area contributed by atoms with Crippen molar-refractivity contribution in [2.75, 3.05) is 19.8 Å². The highest BCUT2D eigenvalue weighted by atomic mass is 16.5. The summed E-state index contributed by atoms with van der Waals surface area (Å²) in [6, 6.07) is 0. The molecule has 0 spiro atoms. The van der Waals surface area contributed by atoms with E-state index in [2.05, 4.69) is 29.5 Å². The summed E-state index contributed by atoms with van der Waals surface area (Å²) in [7, 11) is 0. The Labute approximate surface area is 144 Å². The Morgan fingerprint density at radius 1 is 1.25 bits per heavy atom. The topological polar surface area (TPSA) is 86.1 Å². The highest BCUT2D eigenvalue weighted by Crippen LogP contribution is 2.02. The fraction of sp³-hybridized carbons (Fsp3) is 0.765. The number of rotatable bonds is 12. The zero-order chi connectivity index (χ0) is 17.9. The van der Waals surface area contributed by atoms with Crippen molar-refractivity contribution in [1.29, 1.82) is 0 Å². The second kappa shape index (κ2) is 10.9. The van der Waals surface area contributed by atoms with Gasteiger partial charge < -0.3 is 10.1 Å². The van der Waals surface area contributed by atoms with Gasteiger partial charge in [-0.25, -0.2) is 4.68 Å². The lowest BCUT2D eigenvalue weighted by Gasteiger charge is -2.06. The van der Waals surface area contributed by atoms with Crippen LogP contribution in [0.15, 0.2) is 6.20 Å². The van der Waals surface area contributed by atoms with Crippen molar-refractivity contribution in [1.82, 2.24) is 20.3 Å². The summed E-state index contributed by atoms with van der Waals surface area (Å²) in [5.74, 6) is 0.756. The molecule has 0 radical (unpaired) electrons. The van der Waals surface area contributed by atoms with E-state index in [1.807, 2.05) is 13.8 Å². The molecule has 0 aliphatic heterocycles. The fourth-order valence-corrected chi connectivity index (χ4v) is 1.97. The molecule has 0 saturated heterocycles. The maximum Gasteiger partial charge on any atom is 0.226 e. The normalized spacial score (nSPS) is 11.2. The third kappa shape index (κ3) is 8.76. The number of aromatic nitrogens is 3. The lowest BCUT2D eigenvalue weighted by Crippen LogP contribution is -2.28. The van der Waals surface area contributed by atoms with Gasteiger partial charge in [0.2, 0.25) is 5.91 Å². The maximum atomic E-state index is 11.7. The van der Waals surface area contributed by atoms with Gasteiger partial charge in [0.25, 0.3) is 0 Å². The van der Waals surface area contributed by atoms with E-state index in [4.69, 9.17) is 4.74 Å². The Balaban J connectivity index is 2.16. The van der Waals surface area contributed by atoms with Gasteiger partial charge in [-0.2, -0.15) is 0 Å². The molecule has 1 amide bonds. The Morgan fingerprint density at radius 2 is 2.00 bits per heavy atom. The van der Waals surface area contributed by atoms with Crippen LogP contribution in [0.3, 0.4) is 0 Å². The summed E-state index contributed by atoms with van der Waals surface area (Å²) < 4.78 is 7.17. The monoisotopic (exact) mass is 338 g/mol. The number of carbonyl (C=O) groups is 2. The van der Waals surface area contributed by atoms with E-state index < -0.39 is 0 Å². The molecule has 0 saturated carbocycles. The lowest BCUT2D eigenvalue weighted by molar-refractivity contribution is -0.122. The minimum absolute atomic E-state index is 0.0400. The van der Waals surface area contributed by atoms with Crippen LogP contribution in [0, 0.1) is 11.8 Å². The van der Waals surface area contributed by atoms with Gasteiger partial charge in [-0.3, -0.25) is 9.59 Å². The molecular formula is C17H30N4O3. The van der Waals surface area contributed by atoms with Crippen molar-refractivity contribution < 1.29 is 14.3 Å². The Bertz CT molecular complexity index is 512. The number of hydrogen-bond donors (Lipinski definition) is 1. The average Bonchev–Trinajstić information content (AvgIpc) is 2.95. The predicted molar refractivity (Wildman–Crippen MR) is 91.5 cm³/mol. The van der Waals surface area contributed by atoms with E-state index in [0.717, 1.165) is 6.42 Å². The van der Waals surface area contributed by atoms with E-state index in [1.165, 1.54) is 0 Å². The van der Waals surface area contributed by atoms with Gasteiger partial charge in [0.15, 0.2) is 0 Å². The number of amides is 1. The molecule has 1 N–H and O–H groups in total. The molecule has 1 aromatic heterocycles. The maximum absolute atomic E-state index is 11.7. The van der Waals surface area contributed by atoms with Gasteiger partial charge in [-0.1, -0.05) is 32.9 Å². The summed E-state index contributed by atoms with van der Waals surface area (Å²) in [5, 5.41) is 10.8. The predicted octanol–water partition coefficient (Wildman–Crippen LogP) is 1.61. The van der Waals surface area contributed by atoms with Gasteiger partial charge in [0, 0.05) is 31.7 Å². The summed E-state index contributed by atoms with van der Waals surface area (Å²) in [6.45, 7) is 10.3. The van der Waals surface area contributed by atoms with Crippen LogP contribution in [0.4, 0.5) is 0 Å². The molecule has 0 bridgehead atoms. The molecule has 1 rings (SSSR count). The molecule has 0 fully saturated rings. The lowest BCUT2D eigenvalue weighted by atomic mass is 10.1. The minimum Gasteiger partial charge on any atom is -0.380 e. The van der Waals surface area contributed by atoms with Crippen molar-refractivity contribution in [3.8, 4) is 0 Å². The molecule has 1 heterocycles. The van der Waals surface area contributed by atoms with Gasteiger partial charge in [0.05, 0.1) is 25.3 Å². The van der Waals surface area contributed by atoms with E-state index in [0.29, 0.717) is 44.3 Å². The third-order valence-electron chi connectivity index (χ3n) is 3.46. The zero-order valence-corrected chi connectivity index (χ0v) is 15.2. The Hall–Kier alpha value is -1.76. The summed E-state index contributed by atoms with van der Waals surface area (Å²) in [5.41, 5.74) is 0.652. The first kappa shape index (κ1) is 20.3. The van der Waals surface area contributed by atoms with Crippen molar-refractivity contribution in [2.24, 2.45) is 11.8 Å². The SMILES string of the molecule is CC(C)CNC(=O)Cc1cn(CCOCCCC(=O)C(C)C)nn1. The highest BCUT2D eigenvalue weighted by molar-refractivity contribution is 5.80. The number of Topliss-reactive ketones (excluding diaryl/α,β-unsaturated/α-hetero) is 1. The average molecular weight is 338 g/mol. The van der Waals surface area contributed by atoms with Crippen molar-refractivity contribution in [3.63, 3.8) is 0 Å². The van der Waals surface area contributed by atoms with Gasteiger partial charge >= 0.3 is 0 Å². The molecular weight excluding hydrogens is 308 g/mol. The van der Waals surface area contributed by atoms with Gasteiger partial charge in [0.1, 0.15) is 5.78 Å². The van der Waals surface area contributed by atoms with Gasteiger partial charge in [-0.15, -0.1) is 5.10 Å². The molecule has 0 aliphatic rings. The second-order valence-corrected chi connectivity index (χ2v) is 6.68. The van der Waals surface area contributed by atoms with E-state index in [1.54, 1.807) is 10.9 Å². The number of hydrogen-bond acceptors (Lipinski definition) is 5. The number of nitrogens with one attached hydrogen (secondary N) is 1. The minimum atomic E-state index is -0.0400. The van der Waals surface area contributed by atoms with Crippen molar-refractivity contribution in [3.05, 3.63) is 11.9 Å². The first-order chi connectivity index (χ1) is 11.4. The molecule has 0 aromatic carbocycles. The molecule has 7 nitrogen and oxygen atoms in total. The number of ether oxygens (including phenoxy) is 1. The fourth-order valence-electron chi connectivity index (χ4n) is 1.97. The van der Waals surface area contributed by atoms with Crippen molar-refractivity contribution in [2.45, 2.75) is 53.5 Å². The Morgan fingerprint density at radius 3 is 2.67 bits per heavy atom. The van der Waals surface area contributed by atoms with Crippen molar-refractivity contribution >= 4 is 11.7 Å². The van der Waals surface area contributed by atoms with Crippen LogP contribution < -0.4 is 5.32 Å². The molecule has 24 heavy (non-hydrogen) atoms. The van der Waals surface area contributed by atoms with E-state index >= 15 is 0 Å². The quantitative estimate of drug-likeness (QED) is 0.585. The standard InChI is InChI=1S/C17H30N4O3/c1-13(2)11-18-17(23)10-15-12-21(20-19-15)7-9-24-8-5-6-16(22)14(3)4/h12-14H,5-11H2,1-4H3,(H,18,23). The molecule has 0 aliphatic carbocycles. The number of ketones is 1. The highest BCUT2D eigenvalue weighted by Gasteiger charge is 2.08. The first-order valence-electron chi connectivity index (χ1n) is 8.64. The van der Waals surface area contributed by atoms with Gasteiger partial charge in [-0.05, 0) is 12.3 Å². The Kier molecular flexibility index (Phi) is 9.22. The first-order valence-corrected chi connectivity index (χ1v) is 8.64. The van der Waals surface area contributed by atoms with Crippen LogP contribution in [0.5, 0.6) is 0 Å². The smallest absolute Gasteiger partial charge is 0.226 e. The third-order valence-corrected chi connectivity index (χ3v) is 3.46. The molecule has 136 valence electrons. The van der Waals surface area contributed by atoms with E-state index in [9.17, 15) is 9.59 Å². The zero-order valence-electron chi connectivity index (χ0n) is 15.2. The molecule has 0 unspecified atom stereocenters. The van der Waals surface area contributed by atoms with Crippen LogP contribution >= 0.6 is 0 Å².